The van der Waals surface area contributed by atoms with E-state index in [1.54, 1.807) is 0 Å². The van der Waals surface area contributed by atoms with Gasteiger partial charge in [0.15, 0.2) is 0 Å². The van der Waals surface area contributed by atoms with Crippen LogP contribution in [0.25, 0.3) is 0 Å². The third-order valence-electron chi connectivity index (χ3n) is 5.33. The summed E-state index contributed by atoms with van der Waals surface area (Å²) in [4.78, 5) is 17.0. The summed E-state index contributed by atoms with van der Waals surface area (Å²) in [6.07, 6.45) is 4.59. The molecule has 2 fully saturated rings. The van der Waals surface area contributed by atoms with E-state index >= 15 is 0 Å². The summed E-state index contributed by atoms with van der Waals surface area (Å²) < 4.78 is 0. The third-order valence-corrected chi connectivity index (χ3v) is 5.33. The maximum atomic E-state index is 12.3. The quantitative estimate of drug-likeness (QED) is 0.789. The molecule has 1 amide bonds. The van der Waals surface area contributed by atoms with E-state index in [9.17, 15) is 9.90 Å². The Morgan fingerprint density at radius 2 is 1.79 bits per heavy atom. The molecule has 2 aliphatic rings. The van der Waals surface area contributed by atoms with Crippen LogP contribution in [0.1, 0.15) is 31.2 Å². The predicted octanol–water partition coefficient (Wildman–Crippen LogP) is 1.22. The van der Waals surface area contributed by atoms with Crippen molar-refractivity contribution in [3.05, 3.63) is 35.9 Å². The highest BCUT2D eigenvalue weighted by atomic mass is 16.3. The van der Waals surface area contributed by atoms with E-state index in [1.807, 2.05) is 30.3 Å². The highest BCUT2D eigenvalue weighted by Gasteiger charge is 2.31. The molecule has 0 aromatic heterocycles. The van der Waals surface area contributed by atoms with Gasteiger partial charge in [-0.1, -0.05) is 30.3 Å². The number of nitrogens with zero attached hydrogens (tertiary/aromatic N) is 2. The summed E-state index contributed by atoms with van der Waals surface area (Å²) in [5.41, 5.74) is 1.13. The normalized spacial score (nSPS) is 25.2. The van der Waals surface area contributed by atoms with Gasteiger partial charge in [0.05, 0.1) is 13.2 Å². The van der Waals surface area contributed by atoms with Crippen LogP contribution in [-0.4, -0.2) is 65.7 Å². The average Bonchev–Trinajstić information content (AvgIpc) is 3.24. The number of aliphatic hydroxyl groups excluding tert-OH is 1. The third kappa shape index (κ3) is 4.56. The van der Waals surface area contributed by atoms with Crippen molar-refractivity contribution in [2.45, 2.75) is 44.3 Å². The second-order valence-corrected chi connectivity index (χ2v) is 7.00. The van der Waals surface area contributed by atoms with Crippen molar-refractivity contribution in [3.63, 3.8) is 0 Å². The Morgan fingerprint density at radius 3 is 2.54 bits per heavy atom. The fourth-order valence-electron chi connectivity index (χ4n) is 3.96. The zero-order valence-corrected chi connectivity index (χ0v) is 14.4. The highest BCUT2D eigenvalue weighted by Crippen LogP contribution is 2.23. The van der Waals surface area contributed by atoms with Gasteiger partial charge in [-0.2, -0.15) is 0 Å². The molecule has 3 rings (SSSR count). The van der Waals surface area contributed by atoms with Crippen molar-refractivity contribution in [1.82, 2.24) is 15.1 Å². The first-order valence-corrected chi connectivity index (χ1v) is 9.16. The van der Waals surface area contributed by atoms with Gasteiger partial charge in [-0.3, -0.25) is 14.6 Å². The van der Waals surface area contributed by atoms with Gasteiger partial charge in [-0.05, 0) is 44.3 Å². The number of hydrogen-bond acceptors (Lipinski definition) is 4. The number of nitrogens with one attached hydrogen (secondary N) is 1. The fourth-order valence-corrected chi connectivity index (χ4v) is 3.96. The van der Waals surface area contributed by atoms with Gasteiger partial charge in [0, 0.05) is 25.2 Å². The number of hydrogen-bond donors (Lipinski definition) is 2. The van der Waals surface area contributed by atoms with Crippen molar-refractivity contribution in [2.24, 2.45) is 0 Å². The Labute approximate surface area is 144 Å². The Kier molecular flexibility index (Phi) is 6.24. The molecule has 132 valence electrons. The largest absolute Gasteiger partial charge is 0.395 e. The number of carbonyl (C=O) groups excluding carboxylic acids is 1. The molecular formula is C19H29N3O2. The fraction of sp³-hybridized carbons (Fsp3) is 0.632. The minimum Gasteiger partial charge on any atom is -0.395 e. The SMILES string of the molecule is O=C(CN1CCCC1CN1CCCC1CO)NCc1ccccc1. The monoisotopic (exact) mass is 331 g/mol. The van der Waals surface area contributed by atoms with Crippen LogP contribution in [0.15, 0.2) is 30.3 Å². The second-order valence-electron chi connectivity index (χ2n) is 7.00. The summed E-state index contributed by atoms with van der Waals surface area (Å²) in [5, 5.41) is 12.5. The number of carbonyl (C=O) groups is 1. The smallest absolute Gasteiger partial charge is 0.234 e. The van der Waals surface area contributed by atoms with Crippen LogP contribution in [0.2, 0.25) is 0 Å². The molecule has 0 radical (unpaired) electrons. The molecule has 2 heterocycles. The standard InChI is InChI=1S/C19H29N3O2/c23-15-18-9-5-10-21(18)13-17-8-4-11-22(17)14-19(24)20-12-16-6-2-1-3-7-16/h1-3,6-7,17-18,23H,4-5,8-15H2,(H,20,24). The van der Waals surface area contributed by atoms with Crippen LogP contribution in [-0.2, 0) is 11.3 Å². The Morgan fingerprint density at radius 1 is 1.08 bits per heavy atom. The number of aliphatic hydroxyl groups is 1. The summed E-state index contributed by atoms with van der Waals surface area (Å²) in [7, 11) is 0. The number of amides is 1. The molecule has 2 saturated heterocycles. The molecule has 2 unspecified atom stereocenters. The van der Waals surface area contributed by atoms with Gasteiger partial charge in [0.25, 0.3) is 0 Å². The Bertz CT molecular complexity index is 523. The molecule has 1 aromatic rings. The average molecular weight is 331 g/mol. The first-order valence-electron chi connectivity index (χ1n) is 9.16. The Hall–Kier alpha value is -1.43. The van der Waals surface area contributed by atoms with Crippen molar-refractivity contribution in [2.75, 3.05) is 32.8 Å². The van der Waals surface area contributed by atoms with E-state index in [2.05, 4.69) is 15.1 Å². The molecule has 0 aliphatic carbocycles. The molecular weight excluding hydrogens is 302 g/mol. The molecule has 5 nitrogen and oxygen atoms in total. The Balaban J connectivity index is 1.46. The lowest BCUT2D eigenvalue weighted by Crippen LogP contribution is -2.46. The lowest BCUT2D eigenvalue weighted by Gasteiger charge is -2.31. The summed E-state index contributed by atoms with van der Waals surface area (Å²) in [6, 6.07) is 10.8. The van der Waals surface area contributed by atoms with Crippen LogP contribution >= 0.6 is 0 Å². The van der Waals surface area contributed by atoms with Gasteiger partial charge in [0.2, 0.25) is 5.91 Å². The minimum atomic E-state index is 0.103. The molecule has 2 atom stereocenters. The van der Waals surface area contributed by atoms with E-state index in [-0.39, 0.29) is 12.5 Å². The first kappa shape index (κ1) is 17.4. The van der Waals surface area contributed by atoms with Crippen molar-refractivity contribution in [3.8, 4) is 0 Å². The number of likely N-dealkylation sites (tertiary alicyclic amines) is 2. The van der Waals surface area contributed by atoms with Crippen LogP contribution in [0.3, 0.4) is 0 Å². The molecule has 2 aliphatic heterocycles. The molecule has 2 N–H and O–H groups in total. The van der Waals surface area contributed by atoms with Crippen molar-refractivity contribution >= 4 is 5.91 Å². The van der Waals surface area contributed by atoms with Gasteiger partial charge in [-0.25, -0.2) is 0 Å². The maximum Gasteiger partial charge on any atom is 0.234 e. The van der Waals surface area contributed by atoms with E-state index in [0.29, 0.717) is 25.2 Å². The molecule has 0 bridgehead atoms. The van der Waals surface area contributed by atoms with Gasteiger partial charge < -0.3 is 10.4 Å². The lowest BCUT2D eigenvalue weighted by molar-refractivity contribution is -0.122. The lowest BCUT2D eigenvalue weighted by atomic mass is 10.2. The highest BCUT2D eigenvalue weighted by molar-refractivity contribution is 5.78. The zero-order valence-electron chi connectivity index (χ0n) is 14.4. The maximum absolute atomic E-state index is 12.3. The van der Waals surface area contributed by atoms with Crippen molar-refractivity contribution < 1.29 is 9.90 Å². The van der Waals surface area contributed by atoms with Gasteiger partial charge >= 0.3 is 0 Å². The summed E-state index contributed by atoms with van der Waals surface area (Å²) in [6.45, 7) is 4.39. The van der Waals surface area contributed by atoms with Crippen LogP contribution in [0.5, 0.6) is 0 Å². The zero-order chi connectivity index (χ0) is 16.8. The molecule has 5 heteroatoms. The van der Waals surface area contributed by atoms with E-state index in [1.165, 1.54) is 6.42 Å². The molecule has 24 heavy (non-hydrogen) atoms. The predicted molar refractivity (Wildman–Crippen MR) is 94.6 cm³/mol. The van der Waals surface area contributed by atoms with Crippen LogP contribution < -0.4 is 5.32 Å². The number of rotatable bonds is 7. The molecule has 1 aromatic carbocycles. The minimum absolute atomic E-state index is 0.103. The molecule has 0 spiro atoms. The van der Waals surface area contributed by atoms with Crippen LogP contribution in [0.4, 0.5) is 0 Å². The molecule has 0 saturated carbocycles. The topological polar surface area (TPSA) is 55.8 Å². The summed E-state index contributed by atoms with van der Waals surface area (Å²) in [5.74, 6) is 0.103. The first-order chi connectivity index (χ1) is 11.8. The van der Waals surface area contributed by atoms with Gasteiger partial charge in [0.1, 0.15) is 0 Å². The van der Waals surface area contributed by atoms with E-state index in [0.717, 1.165) is 44.5 Å². The van der Waals surface area contributed by atoms with Gasteiger partial charge in [-0.15, -0.1) is 0 Å². The summed E-state index contributed by atoms with van der Waals surface area (Å²) >= 11 is 0. The number of benzene rings is 1. The van der Waals surface area contributed by atoms with Crippen LogP contribution in [0, 0.1) is 0 Å². The van der Waals surface area contributed by atoms with E-state index < -0.39 is 0 Å². The van der Waals surface area contributed by atoms with E-state index in [4.69, 9.17) is 0 Å². The second kappa shape index (κ2) is 8.60. The van der Waals surface area contributed by atoms with Crippen molar-refractivity contribution in [1.29, 1.82) is 0 Å².